The molecule has 0 radical (unpaired) electrons. The molecule has 5 rings (SSSR count). The summed E-state index contributed by atoms with van der Waals surface area (Å²) in [5.74, 6) is 0.598. The summed E-state index contributed by atoms with van der Waals surface area (Å²) in [5.41, 5.74) is 3.55. The van der Waals surface area contributed by atoms with E-state index < -0.39 is 0 Å². The topological polar surface area (TPSA) is 68.9 Å². The van der Waals surface area contributed by atoms with Crippen molar-refractivity contribution in [2.45, 2.75) is 6.92 Å². The normalized spacial score (nSPS) is 17.5. The lowest BCUT2D eigenvalue weighted by Gasteiger charge is -2.27. The molecule has 0 aliphatic carbocycles. The highest BCUT2D eigenvalue weighted by molar-refractivity contribution is 8.18. The maximum absolute atomic E-state index is 12.7. The molecule has 0 spiro atoms. The maximum Gasteiger partial charge on any atom is 0.286 e. The highest BCUT2D eigenvalue weighted by Crippen LogP contribution is 2.34. The van der Waals surface area contributed by atoms with E-state index in [9.17, 15) is 4.79 Å². The van der Waals surface area contributed by atoms with Crippen molar-refractivity contribution in [1.29, 1.82) is 0 Å². The lowest BCUT2D eigenvalue weighted by atomic mass is 10.1. The summed E-state index contributed by atoms with van der Waals surface area (Å²) < 4.78 is 12.8. The molecule has 0 saturated carbocycles. The molecule has 1 saturated heterocycles. The van der Waals surface area contributed by atoms with Gasteiger partial charge in [0.1, 0.15) is 5.75 Å². The van der Waals surface area contributed by atoms with Gasteiger partial charge in [0.25, 0.3) is 5.91 Å². The Kier molecular flexibility index (Phi) is 6.28. The van der Waals surface area contributed by atoms with Crippen LogP contribution in [-0.2, 0) is 9.53 Å². The first-order valence-corrected chi connectivity index (χ1v) is 11.8. The average Bonchev–Trinajstić information content (AvgIpc) is 3.45. The van der Waals surface area contributed by atoms with Crippen LogP contribution in [0.5, 0.6) is 5.75 Å². The number of para-hydroxylation sites is 1. The SMILES string of the molecule is CCOc1ccc(-c2nn(-c3ccccc3)cc2/C=C2\SC(N3CCOCC3)=NC2=O)cc1. The van der Waals surface area contributed by atoms with E-state index in [2.05, 4.69) is 9.89 Å². The summed E-state index contributed by atoms with van der Waals surface area (Å²) in [6.07, 6.45) is 3.84. The number of rotatable bonds is 5. The molecule has 1 fully saturated rings. The van der Waals surface area contributed by atoms with Crippen molar-refractivity contribution >= 4 is 28.9 Å². The van der Waals surface area contributed by atoms with E-state index in [4.69, 9.17) is 14.6 Å². The largest absolute Gasteiger partial charge is 0.494 e. The second kappa shape index (κ2) is 9.64. The number of amides is 1. The van der Waals surface area contributed by atoms with Crippen molar-refractivity contribution in [3.8, 4) is 22.7 Å². The van der Waals surface area contributed by atoms with Crippen LogP contribution in [-0.4, -0.2) is 58.7 Å². The Morgan fingerprint density at radius 2 is 1.85 bits per heavy atom. The van der Waals surface area contributed by atoms with E-state index in [1.165, 1.54) is 11.8 Å². The van der Waals surface area contributed by atoms with Gasteiger partial charge in [-0.25, -0.2) is 4.68 Å². The fourth-order valence-electron chi connectivity index (χ4n) is 3.74. The molecule has 7 nitrogen and oxygen atoms in total. The van der Waals surface area contributed by atoms with Crippen molar-refractivity contribution in [3.63, 3.8) is 0 Å². The second-order valence-corrected chi connectivity index (χ2v) is 8.59. The van der Waals surface area contributed by atoms with Crippen LogP contribution in [0, 0.1) is 0 Å². The fraction of sp³-hybridized carbons (Fsp3) is 0.240. The zero-order chi connectivity index (χ0) is 22.6. The smallest absolute Gasteiger partial charge is 0.286 e. The van der Waals surface area contributed by atoms with E-state index in [1.807, 2.05) is 78.5 Å². The molecular weight excluding hydrogens is 436 g/mol. The first kappa shape index (κ1) is 21.5. The van der Waals surface area contributed by atoms with E-state index in [1.54, 1.807) is 0 Å². The number of benzene rings is 2. The molecule has 0 unspecified atom stereocenters. The van der Waals surface area contributed by atoms with Gasteiger partial charge in [-0.05, 0) is 61.2 Å². The van der Waals surface area contributed by atoms with Crippen LogP contribution in [0.25, 0.3) is 23.0 Å². The Bertz CT molecular complexity index is 1200. The molecule has 3 aromatic rings. The molecule has 2 aliphatic rings. The van der Waals surface area contributed by atoms with Crippen LogP contribution in [0.3, 0.4) is 0 Å². The quantitative estimate of drug-likeness (QED) is 0.531. The average molecular weight is 461 g/mol. The van der Waals surface area contributed by atoms with Gasteiger partial charge in [0.05, 0.1) is 36.1 Å². The van der Waals surface area contributed by atoms with Crippen molar-refractivity contribution in [3.05, 3.63) is 71.3 Å². The molecule has 33 heavy (non-hydrogen) atoms. The van der Waals surface area contributed by atoms with Gasteiger partial charge in [-0.1, -0.05) is 18.2 Å². The Labute approximate surface area is 196 Å². The molecule has 0 atom stereocenters. The molecule has 2 aliphatic heterocycles. The predicted octanol–water partition coefficient (Wildman–Crippen LogP) is 4.24. The number of morpholine rings is 1. The lowest BCUT2D eigenvalue weighted by Crippen LogP contribution is -2.38. The molecule has 0 bridgehead atoms. The standard InChI is InChI=1S/C25H24N4O3S/c1-2-32-21-10-8-18(9-11-21)23-19(17-29(27-23)20-6-4-3-5-7-20)16-22-24(30)26-25(33-22)28-12-14-31-15-13-28/h3-11,16-17H,2,12-15H2,1H3/b22-16-. The number of amidine groups is 1. The minimum absolute atomic E-state index is 0.216. The van der Waals surface area contributed by atoms with Gasteiger partial charge < -0.3 is 14.4 Å². The Morgan fingerprint density at radius 1 is 1.09 bits per heavy atom. The molecule has 1 amide bonds. The van der Waals surface area contributed by atoms with Crippen molar-refractivity contribution < 1.29 is 14.3 Å². The Morgan fingerprint density at radius 3 is 2.58 bits per heavy atom. The minimum atomic E-state index is -0.216. The highest BCUT2D eigenvalue weighted by Gasteiger charge is 2.27. The van der Waals surface area contributed by atoms with Crippen molar-refractivity contribution in [2.24, 2.45) is 4.99 Å². The summed E-state index contributed by atoms with van der Waals surface area (Å²) in [4.78, 5) is 19.7. The van der Waals surface area contributed by atoms with Gasteiger partial charge in [0, 0.05) is 30.4 Å². The monoisotopic (exact) mass is 460 g/mol. The van der Waals surface area contributed by atoms with Crippen LogP contribution in [0.4, 0.5) is 0 Å². The Hall–Kier alpha value is -3.36. The van der Waals surface area contributed by atoms with Crippen LogP contribution >= 0.6 is 11.8 Å². The van der Waals surface area contributed by atoms with Crippen LogP contribution in [0.2, 0.25) is 0 Å². The highest BCUT2D eigenvalue weighted by atomic mass is 32.2. The third-order valence-corrected chi connectivity index (χ3v) is 6.42. The molecule has 8 heteroatoms. The van der Waals surface area contributed by atoms with Gasteiger partial charge in [-0.15, -0.1) is 0 Å². The molecular formula is C25H24N4O3S. The number of ether oxygens (including phenoxy) is 2. The molecule has 1 aromatic heterocycles. The minimum Gasteiger partial charge on any atom is -0.494 e. The summed E-state index contributed by atoms with van der Waals surface area (Å²) in [6, 6.07) is 17.8. The molecule has 168 valence electrons. The van der Waals surface area contributed by atoms with Gasteiger partial charge in [-0.2, -0.15) is 10.1 Å². The van der Waals surface area contributed by atoms with Crippen molar-refractivity contribution in [1.82, 2.24) is 14.7 Å². The third-order valence-electron chi connectivity index (χ3n) is 5.38. The summed E-state index contributed by atoms with van der Waals surface area (Å²) >= 11 is 1.41. The number of carbonyl (C=O) groups excluding carboxylic acids is 1. The Balaban J connectivity index is 1.49. The zero-order valence-electron chi connectivity index (χ0n) is 18.3. The van der Waals surface area contributed by atoms with E-state index in [-0.39, 0.29) is 5.91 Å². The number of hydrogen-bond acceptors (Lipinski definition) is 6. The van der Waals surface area contributed by atoms with E-state index in [0.29, 0.717) is 24.7 Å². The lowest BCUT2D eigenvalue weighted by molar-refractivity contribution is -0.113. The first-order chi connectivity index (χ1) is 16.2. The van der Waals surface area contributed by atoms with Crippen LogP contribution in [0.1, 0.15) is 12.5 Å². The third kappa shape index (κ3) is 4.72. The van der Waals surface area contributed by atoms with Gasteiger partial charge in [-0.3, -0.25) is 4.79 Å². The van der Waals surface area contributed by atoms with E-state index in [0.717, 1.165) is 46.5 Å². The number of aromatic nitrogens is 2. The first-order valence-electron chi connectivity index (χ1n) is 10.9. The second-order valence-electron chi connectivity index (χ2n) is 7.58. The predicted molar refractivity (Wildman–Crippen MR) is 131 cm³/mol. The number of carbonyl (C=O) groups is 1. The fourth-order valence-corrected chi connectivity index (χ4v) is 4.69. The molecule has 3 heterocycles. The zero-order valence-corrected chi connectivity index (χ0v) is 19.1. The van der Waals surface area contributed by atoms with Crippen molar-refractivity contribution in [2.75, 3.05) is 32.9 Å². The summed E-state index contributed by atoms with van der Waals surface area (Å²) in [5, 5.41) is 5.59. The van der Waals surface area contributed by atoms with Gasteiger partial charge in [0.15, 0.2) is 5.17 Å². The molecule has 2 aromatic carbocycles. The number of thioether (sulfide) groups is 1. The maximum atomic E-state index is 12.7. The van der Waals surface area contributed by atoms with Crippen LogP contribution < -0.4 is 4.74 Å². The number of hydrogen-bond donors (Lipinski definition) is 0. The van der Waals surface area contributed by atoms with Gasteiger partial charge in [0.2, 0.25) is 0 Å². The van der Waals surface area contributed by atoms with E-state index >= 15 is 0 Å². The number of nitrogens with zero attached hydrogens (tertiary/aromatic N) is 4. The summed E-state index contributed by atoms with van der Waals surface area (Å²) in [6.45, 7) is 5.37. The summed E-state index contributed by atoms with van der Waals surface area (Å²) in [7, 11) is 0. The number of aliphatic imine (C=N–C) groups is 1. The van der Waals surface area contributed by atoms with Gasteiger partial charge >= 0.3 is 0 Å². The van der Waals surface area contributed by atoms with Crippen LogP contribution in [0.15, 0.2) is 70.7 Å². The molecule has 0 N–H and O–H groups in total.